The van der Waals surface area contributed by atoms with Gasteiger partial charge in [-0.25, -0.2) is 19.1 Å². The van der Waals surface area contributed by atoms with Crippen LogP contribution >= 0.6 is 11.6 Å². The second kappa shape index (κ2) is 10.3. The maximum Gasteiger partial charge on any atom is 0.348 e. The Balaban J connectivity index is 1.57. The average molecular weight is 507 g/mol. The van der Waals surface area contributed by atoms with E-state index in [0.717, 1.165) is 29.7 Å². The van der Waals surface area contributed by atoms with Crippen molar-refractivity contribution < 1.29 is 4.79 Å². The van der Waals surface area contributed by atoms with Gasteiger partial charge in [0.15, 0.2) is 0 Å². The van der Waals surface area contributed by atoms with Crippen LogP contribution in [0.1, 0.15) is 62.1 Å². The van der Waals surface area contributed by atoms with E-state index < -0.39 is 11.9 Å². The molecule has 2 unspecified atom stereocenters. The molecule has 36 heavy (non-hydrogen) atoms. The predicted molar refractivity (Wildman–Crippen MR) is 141 cm³/mol. The van der Waals surface area contributed by atoms with Gasteiger partial charge in [0.25, 0.3) is 0 Å². The maximum absolute atomic E-state index is 13.5. The number of hydrogen-bond donors (Lipinski definition) is 1. The predicted octanol–water partition coefficient (Wildman–Crippen LogP) is 4.33. The molecule has 0 spiro atoms. The number of carbonyl (C=O) groups is 1. The number of amides is 1. The second-order valence-corrected chi connectivity index (χ2v) is 10.2. The van der Waals surface area contributed by atoms with Gasteiger partial charge in [0.1, 0.15) is 6.04 Å². The van der Waals surface area contributed by atoms with E-state index in [0.29, 0.717) is 30.0 Å². The molecule has 0 saturated heterocycles. The summed E-state index contributed by atoms with van der Waals surface area (Å²) in [6, 6.07) is 16.8. The molecule has 1 saturated carbocycles. The van der Waals surface area contributed by atoms with Gasteiger partial charge in [0.2, 0.25) is 11.9 Å². The molecule has 3 aromatic rings. The number of aromatic nitrogens is 3. The van der Waals surface area contributed by atoms with Crippen molar-refractivity contribution in [3.63, 3.8) is 0 Å². The molecule has 2 N–H and O–H groups in total. The Morgan fingerprint density at radius 1 is 1.08 bits per heavy atom. The van der Waals surface area contributed by atoms with E-state index in [1.165, 1.54) is 28.5 Å². The summed E-state index contributed by atoms with van der Waals surface area (Å²) in [6.07, 6.45) is 5.74. The Morgan fingerprint density at radius 2 is 1.78 bits per heavy atom. The molecular weight excluding hydrogens is 476 g/mol. The molecule has 0 radical (unpaired) electrons. The lowest BCUT2D eigenvalue weighted by atomic mass is 9.89. The number of primary amides is 1. The Hall–Kier alpha value is -3.39. The van der Waals surface area contributed by atoms with Crippen molar-refractivity contribution in [3.05, 3.63) is 81.2 Å². The van der Waals surface area contributed by atoms with E-state index in [2.05, 4.69) is 12.1 Å². The van der Waals surface area contributed by atoms with Crippen LogP contribution in [-0.2, 0) is 11.3 Å². The number of nitrogens with zero attached hydrogens (tertiary/aromatic N) is 5. The minimum atomic E-state index is -0.849. The normalized spacial score (nSPS) is 19.3. The zero-order valence-electron chi connectivity index (χ0n) is 20.4. The number of nitrogens with two attached hydrogens (primary N) is 1. The summed E-state index contributed by atoms with van der Waals surface area (Å²) in [5, 5.41) is 12.0. The van der Waals surface area contributed by atoms with Crippen LogP contribution in [0.5, 0.6) is 0 Å². The van der Waals surface area contributed by atoms with Crippen LogP contribution in [0.3, 0.4) is 0 Å². The van der Waals surface area contributed by atoms with Gasteiger partial charge in [-0.2, -0.15) is 5.10 Å². The molecule has 2 aliphatic rings. The number of carbonyl (C=O) groups excluding carboxylic acids is 1. The summed E-state index contributed by atoms with van der Waals surface area (Å²) in [6.45, 7) is 2.65. The molecule has 1 aliphatic carbocycles. The summed E-state index contributed by atoms with van der Waals surface area (Å²) in [4.78, 5) is 25.7. The van der Waals surface area contributed by atoms with E-state index >= 15 is 0 Å². The van der Waals surface area contributed by atoms with Gasteiger partial charge in [-0.15, -0.1) is 5.10 Å². The van der Waals surface area contributed by atoms with Crippen molar-refractivity contribution >= 4 is 29.2 Å². The maximum atomic E-state index is 13.5. The fraction of sp³-hybridized carbons (Fsp3) is 0.407. The molecule has 2 heterocycles. The van der Waals surface area contributed by atoms with Gasteiger partial charge in [0, 0.05) is 17.5 Å². The lowest BCUT2D eigenvalue weighted by molar-refractivity contribution is -0.120. The molecule has 0 bridgehead atoms. The zero-order valence-corrected chi connectivity index (χ0v) is 21.1. The largest absolute Gasteiger partial charge is 0.368 e. The van der Waals surface area contributed by atoms with Crippen LogP contribution in [0.15, 0.2) is 64.5 Å². The quantitative estimate of drug-likeness (QED) is 0.515. The third-order valence-electron chi connectivity index (χ3n) is 7.29. The highest BCUT2D eigenvalue weighted by atomic mass is 35.5. The molecule has 1 fully saturated rings. The molecular formula is C27H31ClN6O2. The zero-order chi connectivity index (χ0) is 25.2. The third-order valence-corrected chi connectivity index (χ3v) is 7.55. The van der Waals surface area contributed by atoms with Crippen LogP contribution in [-0.4, -0.2) is 32.5 Å². The molecule has 1 aromatic heterocycles. The summed E-state index contributed by atoms with van der Waals surface area (Å²) in [5.41, 5.74) is 8.22. The van der Waals surface area contributed by atoms with Crippen molar-refractivity contribution in [2.45, 2.75) is 57.5 Å². The van der Waals surface area contributed by atoms with E-state index in [1.807, 2.05) is 42.5 Å². The average Bonchev–Trinajstić information content (AvgIpc) is 3.47. The van der Waals surface area contributed by atoms with Gasteiger partial charge in [-0.1, -0.05) is 73.3 Å². The van der Waals surface area contributed by atoms with Gasteiger partial charge < -0.3 is 5.73 Å². The third kappa shape index (κ3) is 4.82. The first kappa shape index (κ1) is 24.3. The fourth-order valence-electron chi connectivity index (χ4n) is 5.24. The highest BCUT2D eigenvalue weighted by Gasteiger charge is 2.35. The van der Waals surface area contributed by atoms with Gasteiger partial charge >= 0.3 is 5.69 Å². The smallest absolute Gasteiger partial charge is 0.348 e. The van der Waals surface area contributed by atoms with Gasteiger partial charge in [-0.3, -0.25) is 4.79 Å². The van der Waals surface area contributed by atoms with Gasteiger partial charge in [-0.05, 0) is 48.9 Å². The molecule has 5 rings (SSSR count). The molecule has 1 aliphatic heterocycles. The molecule has 2 aromatic carbocycles. The first-order valence-corrected chi connectivity index (χ1v) is 13.0. The minimum Gasteiger partial charge on any atom is -0.368 e. The van der Waals surface area contributed by atoms with Crippen molar-refractivity contribution in [2.75, 3.05) is 11.6 Å². The molecule has 9 heteroatoms. The Morgan fingerprint density at radius 3 is 2.44 bits per heavy atom. The monoisotopic (exact) mass is 506 g/mol. The summed E-state index contributed by atoms with van der Waals surface area (Å²) in [5.74, 6) is 0.104. The molecule has 2 atom stereocenters. The lowest BCUT2D eigenvalue weighted by Gasteiger charge is -2.20. The van der Waals surface area contributed by atoms with Crippen molar-refractivity contribution in [1.82, 2.24) is 14.3 Å². The van der Waals surface area contributed by atoms with Crippen LogP contribution in [0.4, 0.5) is 5.95 Å². The topological polar surface area (TPSA) is 98.5 Å². The highest BCUT2D eigenvalue weighted by Crippen LogP contribution is 2.32. The van der Waals surface area contributed by atoms with E-state index in [1.54, 1.807) is 11.9 Å². The summed E-state index contributed by atoms with van der Waals surface area (Å²) >= 11 is 6.14. The fourth-order valence-corrected chi connectivity index (χ4v) is 5.36. The first-order chi connectivity index (χ1) is 17.4. The molecule has 1 amide bonds. The van der Waals surface area contributed by atoms with E-state index in [-0.39, 0.29) is 11.6 Å². The Labute approximate surface area is 215 Å². The standard InChI is InChI=1S/C27H31ClN6O2/c1-18(25(29)35)34-26(31-33(27(34)36)16-19-8-4-2-5-9-19)32-17-23(20-10-6-3-7-11-20)24(30-32)21-12-14-22(28)15-13-21/h3,6-7,10-15,18-19,23H,2,4-5,8-9,16-17H2,1H3,(H2,29,35). The summed E-state index contributed by atoms with van der Waals surface area (Å²) in [7, 11) is 0. The summed E-state index contributed by atoms with van der Waals surface area (Å²) < 4.78 is 2.89. The number of hydrogen-bond acceptors (Lipinski definition) is 5. The van der Waals surface area contributed by atoms with Gasteiger partial charge in [0.05, 0.1) is 12.3 Å². The van der Waals surface area contributed by atoms with Crippen LogP contribution < -0.4 is 16.4 Å². The highest BCUT2D eigenvalue weighted by molar-refractivity contribution is 6.30. The SMILES string of the molecule is CC(C(N)=O)n1c(N2CC(c3ccccc3)C(c3ccc(Cl)cc3)=N2)nn(CC2CCCCC2)c1=O. The first-order valence-electron chi connectivity index (χ1n) is 12.6. The number of hydrazone groups is 1. The van der Waals surface area contributed by atoms with Crippen LogP contribution in [0.25, 0.3) is 0 Å². The van der Waals surface area contributed by atoms with Crippen molar-refractivity contribution in [2.24, 2.45) is 16.8 Å². The Bertz CT molecular complexity index is 1310. The number of rotatable bonds is 7. The van der Waals surface area contributed by atoms with Crippen molar-refractivity contribution in [1.29, 1.82) is 0 Å². The van der Waals surface area contributed by atoms with E-state index in [4.69, 9.17) is 27.5 Å². The van der Waals surface area contributed by atoms with Crippen LogP contribution in [0, 0.1) is 5.92 Å². The number of halogens is 1. The molecule has 188 valence electrons. The molecule has 8 nitrogen and oxygen atoms in total. The Kier molecular flexibility index (Phi) is 6.96. The second-order valence-electron chi connectivity index (χ2n) is 9.75. The van der Waals surface area contributed by atoms with Crippen molar-refractivity contribution in [3.8, 4) is 0 Å². The van der Waals surface area contributed by atoms with E-state index in [9.17, 15) is 9.59 Å². The minimum absolute atomic E-state index is 0.0525. The number of anilines is 1. The lowest BCUT2D eigenvalue weighted by Crippen LogP contribution is -2.35. The number of benzene rings is 2. The van der Waals surface area contributed by atoms with Crippen LogP contribution in [0.2, 0.25) is 5.02 Å².